The van der Waals surface area contributed by atoms with Gasteiger partial charge >= 0.3 is 0 Å². The summed E-state index contributed by atoms with van der Waals surface area (Å²) in [6.07, 6.45) is 3.96. The molecule has 31 heavy (non-hydrogen) atoms. The third-order valence-corrected chi connectivity index (χ3v) is 8.96. The quantitative estimate of drug-likeness (QED) is 0.582. The van der Waals surface area contributed by atoms with E-state index in [1.807, 2.05) is 12.1 Å². The number of pyridine rings is 1. The fourth-order valence-corrected chi connectivity index (χ4v) is 6.25. The molecule has 1 spiro atoms. The van der Waals surface area contributed by atoms with Crippen LogP contribution >= 0.6 is 35.0 Å². The van der Waals surface area contributed by atoms with Crippen LogP contribution in [0.1, 0.15) is 25.3 Å². The molecule has 2 aromatic heterocycles. The van der Waals surface area contributed by atoms with Crippen molar-refractivity contribution in [3.63, 3.8) is 0 Å². The van der Waals surface area contributed by atoms with Crippen LogP contribution in [0.3, 0.4) is 0 Å². The predicted octanol–water partition coefficient (Wildman–Crippen LogP) is 4.83. The van der Waals surface area contributed by atoms with Gasteiger partial charge in [0.05, 0.1) is 27.7 Å². The van der Waals surface area contributed by atoms with Crippen molar-refractivity contribution >= 4 is 46.4 Å². The number of benzene rings is 1. The standard InChI is InChI=1S/C22H25Cl2N5OS/c1-13-10-17(28-8-6-22(7-9-28)11-30-14(2)20(22)25)29-12-26-27-21(29)19(13)31-16-5-3-4-15(23)18(16)24/h3-5,10,12,14,20H,6-9,11,25H2,1-2H3/t14-,20+/m0/s1. The Balaban J connectivity index is 1.45. The van der Waals surface area contributed by atoms with E-state index in [2.05, 4.69) is 39.4 Å². The molecule has 1 aromatic carbocycles. The summed E-state index contributed by atoms with van der Waals surface area (Å²) in [5, 5.41) is 9.73. The molecule has 0 amide bonds. The lowest BCUT2D eigenvalue weighted by atomic mass is 9.73. The fourth-order valence-electron chi connectivity index (χ4n) is 4.76. The van der Waals surface area contributed by atoms with E-state index in [9.17, 15) is 0 Å². The molecule has 164 valence electrons. The molecule has 4 heterocycles. The van der Waals surface area contributed by atoms with Gasteiger partial charge in [-0.15, -0.1) is 10.2 Å². The summed E-state index contributed by atoms with van der Waals surface area (Å²) in [6.45, 7) is 6.82. The van der Waals surface area contributed by atoms with Crippen LogP contribution in [0.5, 0.6) is 0 Å². The van der Waals surface area contributed by atoms with E-state index < -0.39 is 0 Å². The first-order valence-corrected chi connectivity index (χ1v) is 12.0. The first-order chi connectivity index (χ1) is 14.9. The number of nitrogens with two attached hydrogens (primary N) is 1. The molecule has 2 fully saturated rings. The van der Waals surface area contributed by atoms with E-state index >= 15 is 0 Å². The van der Waals surface area contributed by atoms with Crippen LogP contribution in [-0.4, -0.2) is 46.4 Å². The first kappa shape index (κ1) is 21.3. The normalized spacial score (nSPS) is 23.2. The fraction of sp³-hybridized carbons (Fsp3) is 0.455. The molecular formula is C22H25Cl2N5OS. The van der Waals surface area contributed by atoms with Gasteiger partial charge in [0, 0.05) is 29.4 Å². The van der Waals surface area contributed by atoms with Gasteiger partial charge in [0.1, 0.15) is 12.1 Å². The number of hydrogen-bond donors (Lipinski definition) is 1. The average Bonchev–Trinajstić information content (AvgIpc) is 3.35. The van der Waals surface area contributed by atoms with Gasteiger partial charge in [-0.1, -0.05) is 41.0 Å². The van der Waals surface area contributed by atoms with E-state index in [1.54, 1.807) is 24.2 Å². The highest BCUT2D eigenvalue weighted by molar-refractivity contribution is 7.99. The van der Waals surface area contributed by atoms with Crippen molar-refractivity contribution in [3.8, 4) is 0 Å². The van der Waals surface area contributed by atoms with Gasteiger partial charge in [0.25, 0.3) is 0 Å². The van der Waals surface area contributed by atoms with Crippen LogP contribution in [0.25, 0.3) is 5.65 Å². The molecule has 5 rings (SSSR count). The van der Waals surface area contributed by atoms with Crippen molar-refractivity contribution in [2.75, 3.05) is 24.6 Å². The Morgan fingerprint density at radius 1 is 1.26 bits per heavy atom. The lowest BCUT2D eigenvalue weighted by molar-refractivity contribution is 0.0974. The zero-order chi connectivity index (χ0) is 21.8. The molecule has 0 aliphatic carbocycles. The van der Waals surface area contributed by atoms with Crippen molar-refractivity contribution in [2.24, 2.45) is 11.1 Å². The van der Waals surface area contributed by atoms with Gasteiger partial charge in [0.15, 0.2) is 5.65 Å². The van der Waals surface area contributed by atoms with Crippen molar-refractivity contribution in [2.45, 2.75) is 48.6 Å². The zero-order valence-corrected chi connectivity index (χ0v) is 19.8. The lowest BCUT2D eigenvalue weighted by Gasteiger charge is -2.42. The molecule has 2 atom stereocenters. The summed E-state index contributed by atoms with van der Waals surface area (Å²) < 4.78 is 7.94. The largest absolute Gasteiger partial charge is 0.376 e. The van der Waals surface area contributed by atoms with E-state index in [4.69, 9.17) is 33.7 Å². The Labute approximate surface area is 196 Å². The highest BCUT2D eigenvalue weighted by Gasteiger charge is 2.47. The molecule has 0 saturated carbocycles. The molecule has 2 aliphatic heterocycles. The van der Waals surface area contributed by atoms with Gasteiger partial charge in [-0.3, -0.25) is 4.40 Å². The highest BCUT2D eigenvalue weighted by Crippen LogP contribution is 2.44. The first-order valence-electron chi connectivity index (χ1n) is 10.5. The third-order valence-electron chi connectivity index (χ3n) is 6.76. The predicted molar refractivity (Wildman–Crippen MR) is 126 cm³/mol. The van der Waals surface area contributed by atoms with Gasteiger partial charge in [-0.05, 0) is 50.5 Å². The second kappa shape index (κ2) is 8.12. The summed E-state index contributed by atoms with van der Waals surface area (Å²) in [5.41, 5.74) is 8.54. The molecule has 0 bridgehead atoms. The number of aromatic nitrogens is 3. The monoisotopic (exact) mass is 477 g/mol. The molecule has 2 N–H and O–H groups in total. The summed E-state index contributed by atoms with van der Waals surface area (Å²) in [7, 11) is 0. The maximum Gasteiger partial charge on any atom is 0.176 e. The average molecular weight is 478 g/mol. The number of ether oxygens (including phenoxy) is 1. The number of halogens is 2. The van der Waals surface area contributed by atoms with Crippen LogP contribution in [0.15, 0.2) is 40.4 Å². The number of piperidine rings is 1. The van der Waals surface area contributed by atoms with Crippen molar-refractivity contribution < 1.29 is 4.74 Å². The number of fused-ring (bicyclic) bond motifs is 1. The molecular weight excluding hydrogens is 453 g/mol. The van der Waals surface area contributed by atoms with Crippen molar-refractivity contribution in [1.29, 1.82) is 0 Å². The van der Waals surface area contributed by atoms with Crippen LogP contribution < -0.4 is 10.6 Å². The molecule has 0 radical (unpaired) electrons. The third kappa shape index (κ3) is 3.60. The Bertz CT molecular complexity index is 1130. The molecule has 3 aromatic rings. The molecule has 2 saturated heterocycles. The zero-order valence-electron chi connectivity index (χ0n) is 17.5. The molecule has 6 nitrogen and oxygen atoms in total. The minimum Gasteiger partial charge on any atom is -0.376 e. The minimum absolute atomic E-state index is 0.0936. The summed E-state index contributed by atoms with van der Waals surface area (Å²) in [5.74, 6) is 1.11. The summed E-state index contributed by atoms with van der Waals surface area (Å²) in [4.78, 5) is 4.34. The Kier molecular flexibility index (Phi) is 5.59. The van der Waals surface area contributed by atoms with Gasteiger partial charge in [-0.2, -0.15) is 0 Å². The maximum atomic E-state index is 6.49. The lowest BCUT2D eigenvalue weighted by Crippen LogP contribution is -2.50. The Hall–Kier alpha value is -1.51. The molecule has 0 unspecified atom stereocenters. The number of rotatable bonds is 3. The van der Waals surface area contributed by atoms with Crippen LogP contribution in [0.2, 0.25) is 10.0 Å². The number of anilines is 1. The van der Waals surface area contributed by atoms with Crippen LogP contribution in [-0.2, 0) is 4.74 Å². The van der Waals surface area contributed by atoms with E-state index in [1.165, 1.54) is 0 Å². The van der Waals surface area contributed by atoms with Crippen LogP contribution in [0, 0.1) is 12.3 Å². The van der Waals surface area contributed by atoms with Crippen LogP contribution in [0.4, 0.5) is 5.82 Å². The smallest absolute Gasteiger partial charge is 0.176 e. The minimum atomic E-state index is 0.0936. The topological polar surface area (TPSA) is 68.7 Å². The Morgan fingerprint density at radius 2 is 2.03 bits per heavy atom. The number of nitrogens with zero attached hydrogens (tertiary/aromatic N) is 4. The van der Waals surface area contributed by atoms with E-state index in [0.29, 0.717) is 10.0 Å². The van der Waals surface area contributed by atoms with E-state index in [0.717, 1.165) is 59.4 Å². The van der Waals surface area contributed by atoms with Gasteiger partial charge < -0.3 is 15.4 Å². The van der Waals surface area contributed by atoms with E-state index in [-0.39, 0.29) is 17.6 Å². The van der Waals surface area contributed by atoms with Gasteiger partial charge in [0.2, 0.25) is 0 Å². The summed E-state index contributed by atoms with van der Waals surface area (Å²) >= 11 is 14.2. The maximum absolute atomic E-state index is 6.49. The Morgan fingerprint density at radius 3 is 2.74 bits per heavy atom. The second-order valence-corrected chi connectivity index (χ2v) is 10.4. The number of hydrogen-bond acceptors (Lipinski definition) is 6. The summed E-state index contributed by atoms with van der Waals surface area (Å²) in [6, 6.07) is 7.98. The number of aryl methyl sites for hydroxylation is 1. The van der Waals surface area contributed by atoms with Gasteiger partial charge in [-0.25, -0.2) is 0 Å². The van der Waals surface area contributed by atoms with Crippen molar-refractivity contribution in [1.82, 2.24) is 14.6 Å². The SMILES string of the molecule is Cc1cc(N2CCC3(CC2)CO[C@@H](C)[C@H]3N)n2cnnc2c1Sc1cccc(Cl)c1Cl. The highest BCUT2D eigenvalue weighted by atomic mass is 35.5. The molecule has 2 aliphatic rings. The second-order valence-electron chi connectivity index (χ2n) is 8.58. The van der Waals surface area contributed by atoms with Crippen molar-refractivity contribution in [3.05, 3.63) is 46.2 Å². The molecule has 9 heteroatoms.